The van der Waals surface area contributed by atoms with Crippen molar-refractivity contribution < 1.29 is 13.5 Å². The SMILES string of the molecule is COc1ccc(C(Br)c2cc(C)oc2C)c(F)c1. The van der Waals surface area contributed by atoms with Gasteiger partial charge in [0.25, 0.3) is 0 Å². The molecule has 0 fully saturated rings. The molecule has 0 saturated carbocycles. The van der Waals surface area contributed by atoms with E-state index in [4.69, 9.17) is 9.15 Å². The predicted molar refractivity (Wildman–Crippen MR) is 71.9 cm³/mol. The number of alkyl halides is 1. The molecule has 2 rings (SSSR count). The van der Waals surface area contributed by atoms with Gasteiger partial charge in [0.05, 0.1) is 11.9 Å². The van der Waals surface area contributed by atoms with Gasteiger partial charge in [-0.25, -0.2) is 4.39 Å². The van der Waals surface area contributed by atoms with Gasteiger partial charge in [-0.2, -0.15) is 0 Å². The highest BCUT2D eigenvalue weighted by atomic mass is 79.9. The lowest BCUT2D eigenvalue weighted by Gasteiger charge is -2.11. The van der Waals surface area contributed by atoms with Gasteiger partial charge < -0.3 is 9.15 Å². The third-order valence-electron chi connectivity index (χ3n) is 2.83. The highest BCUT2D eigenvalue weighted by molar-refractivity contribution is 9.09. The quantitative estimate of drug-likeness (QED) is 0.777. The molecule has 1 heterocycles. The fraction of sp³-hybridized carbons (Fsp3) is 0.286. The van der Waals surface area contributed by atoms with Crippen LogP contribution in [0, 0.1) is 19.7 Å². The summed E-state index contributed by atoms with van der Waals surface area (Å²) in [4.78, 5) is -0.221. The molecule has 0 aliphatic heterocycles. The number of halogens is 2. The van der Waals surface area contributed by atoms with Crippen molar-refractivity contribution in [3.8, 4) is 5.75 Å². The molecule has 18 heavy (non-hydrogen) atoms. The van der Waals surface area contributed by atoms with E-state index in [-0.39, 0.29) is 10.6 Å². The topological polar surface area (TPSA) is 22.4 Å². The number of methoxy groups -OCH3 is 1. The normalized spacial score (nSPS) is 12.5. The van der Waals surface area contributed by atoms with E-state index < -0.39 is 0 Å². The van der Waals surface area contributed by atoms with Crippen LogP contribution in [0.3, 0.4) is 0 Å². The van der Waals surface area contributed by atoms with Crippen LogP contribution in [-0.2, 0) is 0 Å². The van der Waals surface area contributed by atoms with Gasteiger partial charge in [0, 0.05) is 17.2 Å². The predicted octanol–water partition coefficient (Wildman–Crippen LogP) is 4.53. The van der Waals surface area contributed by atoms with E-state index in [0.29, 0.717) is 11.3 Å². The Morgan fingerprint density at radius 1 is 1.22 bits per heavy atom. The summed E-state index contributed by atoms with van der Waals surface area (Å²) in [6.07, 6.45) is 0. The number of aryl methyl sites for hydroxylation is 2. The minimum absolute atomic E-state index is 0.221. The minimum Gasteiger partial charge on any atom is -0.497 e. The zero-order valence-electron chi connectivity index (χ0n) is 10.5. The number of ether oxygens (including phenoxy) is 1. The molecule has 0 bridgehead atoms. The van der Waals surface area contributed by atoms with Gasteiger partial charge in [-0.05, 0) is 26.0 Å². The van der Waals surface area contributed by atoms with Gasteiger partial charge in [-0.1, -0.05) is 22.0 Å². The zero-order valence-corrected chi connectivity index (χ0v) is 12.0. The molecule has 0 N–H and O–H groups in total. The number of rotatable bonds is 3. The van der Waals surface area contributed by atoms with Gasteiger partial charge >= 0.3 is 0 Å². The van der Waals surface area contributed by atoms with Crippen molar-refractivity contribution in [2.45, 2.75) is 18.7 Å². The zero-order chi connectivity index (χ0) is 13.3. The summed E-state index contributed by atoms with van der Waals surface area (Å²) >= 11 is 3.51. The Labute approximate surface area is 114 Å². The summed E-state index contributed by atoms with van der Waals surface area (Å²) in [5.41, 5.74) is 1.51. The summed E-state index contributed by atoms with van der Waals surface area (Å²) in [6.45, 7) is 3.75. The molecule has 2 aromatic rings. The number of hydrogen-bond acceptors (Lipinski definition) is 2. The molecule has 0 aliphatic rings. The van der Waals surface area contributed by atoms with E-state index in [1.54, 1.807) is 12.1 Å². The van der Waals surface area contributed by atoms with Crippen LogP contribution in [0.5, 0.6) is 5.75 Å². The van der Waals surface area contributed by atoms with Crippen LogP contribution in [0.2, 0.25) is 0 Å². The monoisotopic (exact) mass is 312 g/mol. The molecule has 0 radical (unpaired) electrons. The fourth-order valence-electron chi connectivity index (χ4n) is 1.91. The highest BCUT2D eigenvalue weighted by Gasteiger charge is 2.19. The second kappa shape index (κ2) is 5.14. The highest BCUT2D eigenvalue weighted by Crippen LogP contribution is 2.36. The largest absolute Gasteiger partial charge is 0.497 e. The molecule has 0 saturated heterocycles. The van der Waals surface area contributed by atoms with Crippen LogP contribution < -0.4 is 4.74 Å². The number of furan rings is 1. The van der Waals surface area contributed by atoms with Crippen LogP contribution >= 0.6 is 15.9 Å². The average molecular weight is 313 g/mol. The van der Waals surface area contributed by atoms with Gasteiger partial charge in [0.2, 0.25) is 0 Å². The molecular weight excluding hydrogens is 299 g/mol. The maximum atomic E-state index is 14.0. The first-order valence-electron chi connectivity index (χ1n) is 5.57. The van der Waals surface area contributed by atoms with E-state index in [1.165, 1.54) is 13.2 Å². The molecule has 0 aliphatic carbocycles. The lowest BCUT2D eigenvalue weighted by Crippen LogP contribution is -1.97. The second-order valence-electron chi connectivity index (χ2n) is 4.12. The lowest BCUT2D eigenvalue weighted by molar-refractivity contribution is 0.411. The molecule has 1 unspecified atom stereocenters. The average Bonchev–Trinajstić information content (AvgIpc) is 2.67. The van der Waals surface area contributed by atoms with Crippen LogP contribution in [0.1, 0.15) is 27.5 Å². The van der Waals surface area contributed by atoms with E-state index in [1.807, 2.05) is 19.9 Å². The molecule has 0 amide bonds. The molecule has 0 spiro atoms. The summed E-state index contributed by atoms with van der Waals surface area (Å²) in [5, 5.41) is 0. The van der Waals surface area contributed by atoms with Crippen molar-refractivity contribution in [2.75, 3.05) is 7.11 Å². The standard InChI is InChI=1S/C14H14BrFO2/c1-8-6-12(9(2)18-8)14(15)11-5-4-10(17-3)7-13(11)16/h4-7,14H,1-3H3. The van der Waals surface area contributed by atoms with Gasteiger partial charge in [-0.3, -0.25) is 0 Å². The van der Waals surface area contributed by atoms with Crippen LogP contribution in [0.4, 0.5) is 4.39 Å². The van der Waals surface area contributed by atoms with Crippen molar-refractivity contribution in [3.63, 3.8) is 0 Å². The first-order chi connectivity index (χ1) is 8.52. The Balaban J connectivity index is 2.39. The van der Waals surface area contributed by atoms with Crippen LogP contribution in [0.25, 0.3) is 0 Å². The first-order valence-corrected chi connectivity index (χ1v) is 6.49. The maximum Gasteiger partial charge on any atom is 0.131 e. The maximum absolute atomic E-state index is 14.0. The van der Waals surface area contributed by atoms with E-state index >= 15 is 0 Å². The second-order valence-corrected chi connectivity index (χ2v) is 5.03. The third kappa shape index (κ3) is 2.43. The smallest absolute Gasteiger partial charge is 0.131 e. The number of hydrogen-bond donors (Lipinski definition) is 0. The van der Waals surface area contributed by atoms with E-state index in [2.05, 4.69) is 15.9 Å². The van der Waals surface area contributed by atoms with Crippen molar-refractivity contribution in [1.82, 2.24) is 0 Å². The molecule has 1 atom stereocenters. The molecule has 4 heteroatoms. The summed E-state index contributed by atoms with van der Waals surface area (Å²) in [6, 6.07) is 6.76. The molecule has 1 aromatic carbocycles. The van der Waals surface area contributed by atoms with Gasteiger partial charge in [0.15, 0.2) is 0 Å². The summed E-state index contributed by atoms with van der Waals surface area (Å²) in [5.74, 6) is 1.83. The number of benzene rings is 1. The molecule has 2 nitrogen and oxygen atoms in total. The Kier molecular flexibility index (Phi) is 3.76. The lowest BCUT2D eigenvalue weighted by atomic mass is 10.0. The molecule has 96 valence electrons. The van der Waals surface area contributed by atoms with Crippen LogP contribution in [0.15, 0.2) is 28.7 Å². The van der Waals surface area contributed by atoms with Crippen molar-refractivity contribution in [2.24, 2.45) is 0 Å². The van der Waals surface area contributed by atoms with Crippen LogP contribution in [-0.4, -0.2) is 7.11 Å². The van der Waals surface area contributed by atoms with Crippen molar-refractivity contribution >= 4 is 15.9 Å². The molecule has 1 aromatic heterocycles. The Hall–Kier alpha value is -1.29. The Morgan fingerprint density at radius 3 is 2.44 bits per heavy atom. The molecular formula is C14H14BrFO2. The minimum atomic E-state index is -0.297. The summed E-state index contributed by atoms with van der Waals surface area (Å²) in [7, 11) is 1.52. The third-order valence-corrected chi connectivity index (χ3v) is 3.82. The Morgan fingerprint density at radius 2 is 1.94 bits per heavy atom. The van der Waals surface area contributed by atoms with E-state index in [0.717, 1.165) is 17.1 Å². The fourth-order valence-corrected chi connectivity index (χ4v) is 2.74. The van der Waals surface area contributed by atoms with Gasteiger partial charge in [-0.15, -0.1) is 0 Å². The summed E-state index contributed by atoms with van der Waals surface area (Å²) < 4.78 is 24.4. The van der Waals surface area contributed by atoms with E-state index in [9.17, 15) is 4.39 Å². The van der Waals surface area contributed by atoms with Crippen molar-refractivity contribution in [1.29, 1.82) is 0 Å². The van der Waals surface area contributed by atoms with Crippen molar-refractivity contribution in [3.05, 3.63) is 52.7 Å². The first kappa shape index (κ1) is 13.1. The van der Waals surface area contributed by atoms with Gasteiger partial charge in [0.1, 0.15) is 23.1 Å². The Bertz CT molecular complexity index is 563.